The molecule has 0 fully saturated rings. The van der Waals surface area contributed by atoms with Crippen LogP contribution in [0.2, 0.25) is 0 Å². The van der Waals surface area contributed by atoms with E-state index in [0.29, 0.717) is 22.4 Å². The number of nitrogens with one attached hydrogen (secondary N) is 3. The standard InChI is InChI=1S/C12H17N3O3S/c1-13-12(19)15-14-7-8-5-10(17-3)11(18-4)6-9(8)16-2/h5-7H,1-4H3,(H2,13,15,19)/p+1. The van der Waals surface area contributed by atoms with Gasteiger partial charge < -0.3 is 19.5 Å². The van der Waals surface area contributed by atoms with Gasteiger partial charge in [-0.2, -0.15) is 0 Å². The second-order valence-corrected chi connectivity index (χ2v) is 3.85. The lowest BCUT2D eigenvalue weighted by molar-refractivity contribution is -0.500. The Morgan fingerprint density at radius 1 is 1.11 bits per heavy atom. The molecule has 0 aliphatic heterocycles. The van der Waals surface area contributed by atoms with Crippen molar-refractivity contribution in [3.8, 4) is 17.2 Å². The number of rotatable bonds is 5. The molecule has 0 saturated heterocycles. The molecule has 0 heterocycles. The maximum atomic E-state index is 5.29. The van der Waals surface area contributed by atoms with E-state index in [9.17, 15) is 0 Å². The summed E-state index contributed by atoms with van der Waals surface area (Å²) in [4.78, 5) is 0. The van der Waals surface area contributed by atoms with Crippen LogP contribution in [-0.2, 0) is 0 Å². The molecule has 0 spiro atoms. The van der Waals surface area contributed by atoms with Crippen LogP contribution in [0.1, 0.15) is 5.56 Å². The van der Waals surface area contributed by atoms with Crippen molar-refractivity contribution in [2.75, 3.05) is 28.4 Å². The van der Waals surface area contributed by atoms with Crippen LogP contribution < -0.4 is 30.1 Å². The van der Waals surface area contributed by atoms with Crippen molar-refractivity contribution >= 4 is 23.5 Å². The second kappa shape index (κ2) is 7.42. The lowest BCUT2D eigenvalue weighted by atomic mass is 10.2. The zero-order valence-electron chi connectivity index (χ0n) is 11.4. The molecule has 0 saturated carbocycles. The summed E-state index contributed by atoms with van der Waals surface area (Å²) in [5.74, 6) is 1.88. The molecule has 7 heteroatoms. The zero-order chi connectivity index (χ0) is 14.3. The van der Waals surface area contributed by atoms with Gasteiger partial charge in [-0.3, -0.25) is 0 Å². The fourth-order valence-electron chi connectivity index (χ4n) is 1.41. The number of thiocarbonyl (C=S) groups is 1. The average molecular weight is 284 g/mol. The van der Waals surface area contributed by atoms with Crippen LogP contribution in [0.5, 0.6) is 17.2 Å². The third-order valence-electron chi connectivity index (χ3n) is 2.38. The molecule has 0 aliphatic carbocycles. The predicted octanol–water partition coefficient (Wildman–Crippen LogP) is -0.779. The van der Waals surface area contributed by atoms with Crippen LogP contribution in [0.4, 0.5) is 0 Å². The number of hydrazine groups is 1. The molecule has 1 aromatic rings. The summed E-state index contributed by atoms with van der Waals surface area (Å²) in [7, 11) is 6.47. The van der Waals surface area contributed by atoms with Crippen molar-refractivity contribution in [3.05, 3.63) is 17.7 Å². The number of benzene rings is 1. The highest BCUT2D eigenvalue weighted by molar-refractivity contribution is 7.80. The van der Waals surface area contributed by atoms with E-state index in [1.54, 1.807) is 46.7 Å². The fraction of sp³-hybridized carbons (Fsp3) is 0.333. The van der Waals surface area contributed by atoms with Gasteiger partial charge >= 0.3 is 0 Å². The van der Waals surface area contributed by atoms with Crippen LogP contribution in [0.15, 0.2) is 12.1 Å². The average Bonchev–Trinajstić information content (AvgIpc) is 2.46. The van der Waals surface area contributed by atoms with Crippen molar-refractivity contribution in [1.29, 1.82) is 0 Å². The number of methoxy groups -OCH3 is 3. The normalized spacial score (nSPS) is 10.1. The van der Waals surface area contributed by atoms with Crippen molar-refractivity contribution in [3.63, 3.8) is 0 Å². The van der Waals surface area contributed by atoms with Crippen molar-refractivity contribution < 1.29 is 19.3 Å². The highest BCUT2D eigenvalue weighted by Gasteiger charge is 2.12. The second-order valence-electron chi connectivity index (χ2n) is 3.44. The van der Waals surface area contributed by atoms with Crippen LogP contribution in [0.3, 0.4) is 0 Å². The molecule has 0 bridgehead atoms. The monoisotopic (exact) mass is 284 g/mol. The Balaban J connectivity index is 3.01. The maximum absolute atomic E-state index is 5.29. The van der Waals surface area contributed by atoms with Gasteiger partial charge in [0, 0.05) is 19.2 Å². The van der Waals surface area contributed by atoms with E-state index in [-0.39, 0.29) is 0 Å². The molecular weight excluding hydrogens is 266 g/mol. The summed E-state index contributed by atoms with van der Waals surface area (Å²) in [6.45, 7) is 0. The van der Waals surface area contributed by atoms with E-state index in [1.807, 2.05) is 0 Å². The molecule has 104 valence electrons. The van der Waals surface area contributed by atoms with Crippen molar-refractivity contribution in [2.24, 2.45) is 0 Å². The van der Waals surface area contributed by atoms with Crippen LogP contribution >= 0.6 is 12.2 Å². The molecule has 3 N–H and O–H groups in total. The van der Waals surface area contributed by atoms with Gasteiger partial charge in [-0.05, 0) is 12.2 Å². The Labute approximate surface area is 117 Å². The smallest absolute Gasteiger partial charge is 0.223 e. The van der Waals surface area contributed by atoms with Gasteiger partial charge in [0.1, 0.15) is 5.75 Å². The zero-order valence-corrected chi connectivity index (χ0v) is 12.2. The topological polar surface area (TPSA) is 65.7 Å². The van der Waals surface area contributed by atoms with Crippen molar-refractivity contribution in [1.82, 2.24) is 10.7 Å². The van der Waals surface area contributed by atoms with Gasteiger partial charge in [-0.1, -0.05) is 0 Å². The highest BCUT2D eigenvalue weighted by Crippen LogP contribution is 2.33. The Bertz CT molecular complexity index is 478. The number of hydrazone groups is 1. The third kappa shape index (κ3) is 3.99. The van der Waals surface area contributed by atoms with Crippen molar-refractivity contribution in [2.45, 2.75) is 0 Å². The molecule has 0 aromatic heterocycles. The molecule has 0 aliphatic rings. The van der Waals surface area contributed by atoms with Crippen LogP contribution in [0, 0.1) is 0 Å². The first-order chi connectivity index (χ1) is 9.15. The predicted molar refractivity (Wildman–Crippen MR) is 77.0 cm³/mol. The molecule has 19 heavy (non-hydrogen) atoms. The van der Waals surface area contributed by atoms with Gasteiger partial charge in [0.25, 0.3) is 0 Å². The van der Waals surface area contributed by atoms with Gasteiger partial charge in [0.2, 0.25) is 11.3 Å². The molecule has 6 nitrogen and oxygen atoms in total. The summed E-state index contributed by atoms with van der Waals surface area (Å²) >= 11 is 4.94. The van der Waals surface area contributed by atoms with E-state index in [2.05, 4.69) is 15.8 Å². The largest absolute Gasteiger partial charge is 0.496 e. The van der Waals surface area contributed by atoms with E-state index in [4.69, 9.17) is 26.4 Å². The van der Waals surface area contributed by atoms with Crippen LogP contribution in [0.25, 0.3) is 0 Å². The summed E-state index contributed by atoms with van der Waals surface area (Å²) in [6.07, 6.45) is 1.71. The maximum Gasteiger partial charge on any atom is 0.223 e. The van der Waals surface area contributed by atoms with E-state index < -0.39 is 0 Å². The summed E-state index contributed by atoms with van der Waals surface area (Å²) in [5, 5.41) is 6.13. The first-order valence-corrected chi connectivity index (χ1v) is 5.93. The molecule has 0 atom stereocenters. The number of ether oxygens (including phenoxy) is 3. The Hall–Kier alpha value is -2.02. The summed E-state index contributed by atoms with van der Waals surface area (Å²) in [6, 6.07) is 3.55. The molecule has 0 unspecified atom stereocenters. The Morgan fingerprint density at radius 3 is 2.21 bits per heavy atom. The molecule has 0 radical (unpaired) electrons. The fourth-order valence-corrected chi connectivity index (χ4v) is 1.47. The van der Waals surface area contributed by atoms with Crippen LogP contribution in [-0.4, -0.2) is 39.7 Å². The quantitative estimate of drug-likeness (QED) is 0.374. The summed E-state index contributed by atoms with van der Waals surface area (Å²) < 4.78 is 15.7. The molecule has 1 aromatic carbocycles. The molecule has 0 amide bonds. The first kappa shape index (κ1) is 15.0. The van der Waals surface area contributed by atoms with Gasteiger partial charge in [-0.15, -0.1) is 10.5 Å². The summed E-state index contributed by atoms with van der Waals surface area (Å²) in [5.41, 5.74) is 3.58. The minimum Gasteiger partial charge on any atom is -0.496 e. The van der Waals surface area contributed by atoms with E-state index >= 15 is 0 Å². The lowest BCUT2D eigenvalue weighted by Gasteiger charge is -2.10. The number of hydrogen-bond donors (Lipinski definition) is 3. The third-order valence-corrected chi connectivity index (χ3v) is 2.68. The lowest BCUT2D eigenvalue weighted by Crippen LogP contribution is -2.82. The SMILES string of the molecule is CNC(=S)N[NH+]=Cc1cc(OC)c(OC)cc1OC. The van der Waals surface area contributed by atoms with Gasteiger partial charge in [-0.25, -0.2) is 0 Å². The first-order valence-electron chi connectivity index (χ1n) is 5.52. The Morgan fingerprint density at radius 2 is 1.68 bits per heavy atom. The minimum absolute atomic E-state index is 0.482. The van der Waals surface area contributed by atoms with E-state index in [0.717, 1.165) is 5.56 Å². The Kier molecular flexibility index (Phi) is 5.87. The minimum atomic E-state index is 0.482. The highest BCUT2D eigenvalue weighted by atomic mass is 32.1. The van der Waals surface area contributed by atoms with Gasteiger partial charge in [0.15, 0.2) is 11.5 Å². The number of hydrogen-bond acceptors (Lipinski definition) is 4. The molecular formula is C12H18N3O3S+. The van der Waals surface area contributed by atoms with E-state index in [1.165, 1.54) is 0 Å². The van der Waals surface area contributed by atoms with Gasteiger partial charge in [0.05, 0.1) is 26.9 Å². The molecule has 1 rings (SSSR count).